The van der Waals surface area contributed by atoms with Crippen molar-refractivity contribution in [1.29, 1.82) is 0 Å². The molecule has 0 saturated heterocycles. The van der Waals surface area contributed by atoms with E-state index in [9.17, 15) is 4.79 Å². The van der Waals surface area contributed by atoms with Crippen LogP contribution in [0.25, 0.3) is 0 Å². The Morgan fingerprint density at radius 2 is 1.90 bits per heavy atom. The lowest BCUT2D eigenvalue weighted by Gasteiger charge is -2.14. The zero-order valence-electron chi connectivity index (χ0n) is 16.7. The van der Waals surface area contributed by atoms with Gasteiger partial charge in [0.05, 0.1) is 26.9 Å². The van der Waals surface area contributed by atoms with E-state index in [0.717, 1.165) is 11.1 Å². The summed E-state index contributed by atoms with van der Waals surface area (Å²) >= 11 is 6.34. The van der Waals surface area contributed by atoms with Crippen LogP contribution in [0, 0.1) is 6.92 Å². The smallest absolute Gasteiger partial charge is 0.262 e. The Morgan fingerprint density at radius 1 is 1.14 bits per heavy atom. The molecule has 0 radical (unpaired) electrons. The number of carbonyl (C=O) groups is 1. The first-order valence-corrected chi connectivity index (χ1v) is 9.66. The van der Waals surface area contributed by atoms with Gasteiger partial charge in [0, 0.05) is 29.9 Å². The predicted molar refractivity (Wildman–Crippen MR) is 113 cm³/mol. The van der Waals surface area contributed by atoms with Gasteiger partial charge < -0.3 is 30.0 Å². The second-order valence-corrected chi connectivity index (χ2v) is 6.72. The molecule has 0 aliphatic rings. The molecule has 1 amide bonds. The summed E-state index contributed by atoms with van der Waals surface area (Å²) in [6.45, 7) is 3.78. The van der Waals surface area contributed by atoms with Gasteiger partial charge in [-0.15, -0.1) is 0 Å². The number of rotatable bonds is 12. The average molecular weight is 423 g/mol. The van der Waals surface area contributed by atoms with Crippen molar-refractivity contribution < 1.29 is 24.1 Å². The topological polar surface area (TPSA) is 89.1 Å². The number of amides is 1. The predicted octanol–water partition coefficient (Wildman–Crippen LogP) is 2.77. The highest BCUT2D eigenvalue weighted by atomic mass is 35.5. The molecule has 0 aliphatic carbocycles. The number of halogens is 1. The monoisotopic (exact) mass is 422 g/mol. The zero-order valence-corrected chi connectivity index (χ0v) is 17.4. The second kappa shape index (κ2) is 12.3. The number of carbonyl (C=O) groups excluding carboxylic acids is 1. The number of hydrogen-bond acceptors (Lipinski definition) is 6. The molecule has 0 bridgehead atoms. The lowest BCUT2D eigenvalue weighted by molar-refractivity contribution is -0.118. The maximum Gasteiger partial charge on any atom is 0.262 e. The average Bonchev–Trinajstić information content (AvgIpc) is 2.71. The first kappa shape index (κ1) is 23.0. The van der Waals surface area contributed by atoms with Gasteiger partial charge in [0.25, 0.3) is 5.91 Å². The van der Waals surface area contributed by atoms with Gasteiger partial charge in [-0.05, 0) is 30.7 Å². The molecule has 0 aliphatic heterocycles. The number of benzene rings is 2. The van der Waals surface area contributed by atoms with Gasteiger partial charge in [0.15, 0.2) is 18.1 Å². The third kappa shape index (κ3) is 7.91. The summed E-state index contributed by atoms with van der Waals surface area (Å²) in [7, 11) is 1.53. The van der Waals surface area contributed by atoms with Gasteiger partial charge in [-0.2, -0.15) is 0 Å². The van der Waals surface area contributed by atoms with E-state index in [-0.39, 0.29) is 19.1 Å². The molecule has 0 unspecified atom stereocenters. The van der Waals surface area contributed by atoms with E-state index in [1.807, 2.05) is 31.2 Å². The number of methoxy groups -OCH3 is 1. The Hall–Kier alpha value is -2.32. The standard InChI is InChI=1S/C21H27ClN2O5/c1-15-3-5-17(6-4-15)24-21(26)14-29-20-12-18(22)16(11-19(20)27-2)13-23-7-9-28-10-8-25/h3-6,11-12,23,25H,7-10,13-14H2,1-2H3,(H,24,26). The summed E-state index contributed by atoms with van der Waals surface area (Å²) in [5, 5.41) is 15.2. The number of aliphatic hydroxyl groups is 1. The van der Waals surface area contributed by atoms with E-state index in [4.69, 9.17) is 30.9 Å². The molecule has 8 heteroatoms. The Morgan fingerprint density at radius 3 is 2.59 bits per heavy atom. The van der Waals surface area contributed by atoms with Crippen molar-refractivity contribution in [2.75, 3.05) is 45.4 Å². The fraction of sp³-hybridized carbons (Fsp3) is 0.381. The molecule has 29 heavy (non-hydrogen) atoms. The summed E-state index contributed by atoms with van der Waals surface area (Å²) in [4.78, 5) is 12.1. The minimum atomic E-state index is -0.277. The van der Waals surface area contributed by atoms with E-state index in [1.165, 1.54) is 7.11 Å². The molecular weight excluding hydrogens is 396 g/mol. The molecule has 2 rings (SSSR count). The van der Waals surface area contributed by atoms with Crippen LogP contribution in [0.15, 0.2) is 36.4 Å². The molecule has 0 atom stereocenters. The van der Waals surface area contributed by atoms with Crippen LogP contribution in [-0.2, 0) is 16.1 Å². The van der Waals surface area contributed by atoms with Crippen LogP contribution >= 0.6 is 11.6 Å². The highest BCUT2D eigenvalue weighted by molar-refractivity contribution is 6.31. The zero-order chi connectivity index (χ0) is 21.1. The van der Waals surface area contributed by atoms with Crippen molar-refractivity contribution >= 4 is 23.2 Å². The fourth-order valence-electron chi connectivity index (χ4n) is 2.50. The van der Waals surface area contributed by atoms with Gasteiger partial charge in [-0.1, -0.05) is 29.3 Å². The molecular formula is C21H27ClN2O5. The first-order valence-electron chi connectivity index (χ1n) is 9.28. The largest absolute Gasteiger partial charge is 0.493 e. The van der Waals surface area contributed by atoms with E-state index >= 15 is 0 Å². The van der Waals surface area contributed by atoms with Crippen LogP contribution in [0.1, 0.15) is 11.1 Å². The van der Waals surface area contributed by atoms with Crippen LogP contribution in [0.5, 0.6) is 11.5 Å². The lowest BCUT2D eigenvalue weighted by Crippen LogP contribution is -2.21. The van der Waals surface area contributed by atoms with Gasteiger partial charge >= 0.3 is 0 Å². The minimum absolute atomic E-state index is 0.00747. The molecule has 0 saturated carbocycles. The number of aryl methyl sites for hydroxylation is 1. The molecule has 3 N–H and O–H groups in total. The maximum absolute atomic E-state index is 12.1. The van der Waals surface area contributed by atoms with Crippen LogP contribution in [-0.4, -0.2) is 51.1 Å². The van der Waals surface area contributed by atoms with Crippen LogP contribution in [0.2, 0.25) is 5.02 Å². The van der Waals surface area contributed by atoms with Crippen molar-refractivity contribution in [1.82, 2.24) is 5.32 Å². The van der Waals surface area contributed by atoms with Crippen molar-refractivity contribution in [3.63, 3.8) is 0 Å². The van der Waals surface area contributed by atoms with E-state index in [0.29, 0.717) is 48.5 Å². The Labute approximate surface area is 175 Å². The van der Waals surface area contributed by atoms with Gasteiger partial charge in [0.2, 0.25) is 0 Å². The Balaban J connectivity index is 1.88. The summed E-state index contributed by atoms with van der Waals surface area (Å²) in [5.41, 5.74) is 2.66. The number of nitrogens with one attached hydrogen (secondary N) is 2. The second-order valence-electron chi connectivity index (χ2n) is 6.31. The Bertz CT molecular complexity index is 783. The molecule has 0 spiro atoms. The SMILES string of the molecule is COc1cc(CNCCOCCO)c(Cl)cc1OCC(=O)Nc1ccc(C)cc1. The molecule has 158 valence electrons. The molecule has 0 fully saturated rings. The maximum atomic E-state index is 12.1. The quantitative estimate of drug-likeness (QED) is 0.456. The highest BCUT2D eigenvalue weighted by Gasteiger charge is 2.12. The van der Waals surface area contributed by atoms with Crippen LogP contribution in [0.4, 0.5) is 5.69 Å². The third-order valence-corrected chi connectivity index (χ3v) is 4.35. The summed E-state index contributed by atoms with van der Waals surface area (Å²) < 4.78 is 16.2. The van der Waals surface area contributed by atoms with Crippen LogP contribution in [0.3, 0.4) is 0 Å². The number of anilines is 1. The molecule has 0 heterocycles. The molecule has 2 aromatic rings. The van der Waals surface area contributed by atoms with Crippen LogP contribution < -0.4 is 20.1 Å². The van der Waals surface area contributed by atoms with E-state index in [1.54, 1.807) is 12.1 Å². The number of aliphatic hydroxyl groups excluding tert-OH is 1. The normalized spacial score (nSPS) is 10.6. The third-order valence-electron chi connectivity index (χ3n) is 4.00. The van der Waals surface area contributed by atoms with E-state index < -0.39 is 0 Å². The van der Waals surface area contributed by atoms with Crippen molar-refractivity contribution in [3.05, 3.63) is 52.5 Å². The summed E-state index contributed by atoms with van der Waals surface area (Å²) in [5.74, 6) is 0.609. The number of ether oxygens (including phenoxy) is 3. The molecule has 7 nitrogen and oxygen atoms in total. The molecule has 0 aromatic heterocycles. The summed E-state index contributed by atoms with van der Waals surface area (Å²) in [6, 6.07) is 10.9. The minimum Gasteiger partial charge on any atom is -0.493 e. The van der Waals surface area contributed by atoms with Gasteiger partial charge in [-0.3, -0.25) is 4.79 Å². The van der Waals surface area contributed by atoms with Crippen molar-refractivity contribution in [2.24, 2.45) is 0 Å². The van der Waals surface area contributed by atoms with Crippen molar-refractivity contribution in [3.8, 4) is 11.5 Å². The van der Waals surface area contributed by atoms with Gasteiger partial charge in [0.1, 0.15) is 0 Å². The first-order chi connectivity index (χ1) is 14.0. The molecule has 2 aromatic carbocycles. The summed E-state index contributed by atoms with van der Waals surface area (Å²) in [6.07, 6.45) is 0. The fourth-order valence-corrected chi connectivity index (χ4v) is 2.72. The Kier molecular flexibility index (Phi) is 9.73. The lowest BCUT2D eigenvalue weighted by atomic mass is 10.2. The van der Waals surface area contributed by atoms with E-state index in [2.05, 4.69) is 10.6 Å². The van der Waals surface area contributed by atoms with Crippen molar-refractivity contribution in [2.45, 2.75) is 13.5 Å². The van der Waals surface area contributed by atoms with Gasteiger partial charge in [-0.25, -0.2) is 0 Å². The highest BCUT2D eigenvalue weighted by Crippen LogP contribution is 2.33. The number of hydrogen-bond donors (Lipinski definition) is 3.